The van der Waals surface area contributed by atoms with Gasteiger partial charge in [0.25, 0.3) is 5.91 Å². The van der Waals surface area contributed by atoms with Crippen LogP contribution >= 0.6 is 11.6 Å². The van der Waals surface area contributed by atoms with Crippen LogP contribution in [-0.4, -0.2) is 16.6 Å². The van der Waals surface area contributed by atoms with Crippen LogP contribution in [0.4, 0.5) is 0 Å². The molecule has 0 heterocycles. The molecule has 32 heavy (non-hydrogen) atoms. The molecule has 0 aliphatic carbocycles. The third-order valence-electron chi connectivity index (χ3n) is 5.23. The molecule has 0 aromatic heterocycles. The minimum absolute atomic E-state index is 0.185. The van der Waals surface area contributed by atoms with Gasteiger partial charge in [0.05, 0.1) is 5.56 Å². The fourth-order valence-electron chi connectivity index (χ4n) is 3.60. The summed E-state index contributed by atoms with van der Waals surface area (Å²) in [6.45, 7) is 0.885. The largest absolute Gasteiger partial charge is 0.330 e. The quantitative estimate of drug-likeness (QED) is 0.312. The van der Waals surface area contributed by atoms with Gasteiger partial charge in [0.2, 0.25) is 0 Å². The van der Waals surface area contributed by atoms with Crippen molar-refractivity contribution >= 4 is 23.3 Å². The molecule has 4 heteroatoms. The average Bonchev–Trinajstić information content (AvgIpc) is 2.84. The number of halogens is 1. The lowest BCUT2D eigenvalue weighted by Crippen LogP contribution is -2.31. The van der Waals surface area contributed by atoms with Crippen LogP contribution in [0.3, 0.4) is 0 Å². The first-order chi connectivity index (χ1) is 15.6. The topological polar surface area (TPSA) is 37.4 Å². The summed E-state index contributed by atoms with van der Waals surface area (Å²) in [7, 11) is 0. The highest BCUT2D eigenvalue weighted by atomic mass is 35.5. The molecule has 0 N–H and O–H groups in total. The van der Waals surface area contributed by atoms with Crippen molar-refractivity contribution in [3.63, 3.8) is 0 Å². The number of benzene rings is 4. The molecule has 0 spiro atoms. The summed E-state index contributed by atoms with van der Waals surface area (Å²) in [4.78, 5) is 28.7. The van der Waals surface area contributed by atoms with Gasteiger partial charge in [-0.3, -0.25) is 9.59 Å². The second-order valence-corrected chi connectivity index (χ2v) is 7.95. The number of carbonyl (C=O) groups excluding carboxylic acids is 2. The molecule has 0 saturated carbocycles. The first kappa shape index (κ1) is 21.5. The van der Waals surface area contributed by atoms with Gasteiger partial charge >= 0.3 is 0 Å². The SMILES string of the molecule is O=C(c1ccc(Cl)cc1)c1ccccc1C(=O)N(Cc1ccccc1)Cc1ccccc1. The van der Waals surface area contributed by atoms with E-state index in [4.69, 9.17) is 11.6 Å². The molecule has 0 saturated heterocycles. The van der Waals surface area contributed by atoms with E-state index in [1.54, 1.807) is 53.4 Å². The minimum atomic E-state index is -0.204. The zero-order valence-corrected chi connectivity index (χ0v) is 18.2. The molecule has 0 atom stereocenters. The lowest BCUT2D eigenvalue weighted by Gasteiger charge is -2.24. The van der Waals surface area contributed by atoms with E-state index >= 15 is 0 Å². The molecule has 0 fully saturated rings. The lowest BCUT2D eigenvalue weighted by atomic mass is 9.97. The zero-order chi connectivity index (χ0) is 22.3. The van der Waals surface area contributed by atoms with E-state index in [1.165, 1.54) is 0 Å². The molecular formula is C28H22ClNO2. The van der Waals surface area contributed by atoms with E-state index in [-0.39, 0.29) is 11.7 Å². The van der Waals surface area contributed by atoms with Crippen molar-refractivity contribution in [2.45, 2.75) is 13.1 Å². The lowest BCUT2D eigenvalue weighted by molar-refractivity contribution is 0.0726. The van der Waals surface area contributed by atoms with Crippen LogP contribution in [0.1, 0.15) is 37.4 Å². The summed E-state index contributed by atoms with van der Waals surface area (Å²) in [6.07, 6.45) is 0. The highest BCUT2D eigenvalue weighted by Gasteiger charge is 2.23. The molecule has 0 bridgehead atoms. The van der Waals surface area contributed by atoms with Gasteiger partial charge in [-0.1, -0.05) is 90.5 Å². The number of nitrogens with zero attached hydrogens (tertiary/aromatic N) is 1. The van der Waals surface area contributed by atoms with Crippen molar-refractivity contribution in [1.29, 1.82) is 0 Å². The maximum atomic E-state index is 13.7. The van der Waals surface area contributed by atoms with Gasteiger partial charge in [0.15, 0.2) is 5.78 Å². The summed E-state index contributed by atoms with van der Waals surface area (Å²) in [5, 5.41) is 0.558. The fourth-order valence-corrected chi connectivity index (χ4v) is 3.73. The first-order valence-corrected chi connectivity index (χ1v) is 10.8. The van der Waals surface area contributed by atoms with Gasteiger partial charge in [0.1, 0.15) is 0 Å². The average molecular weight is 440 g/mol. The Balaban J connectivity index is 1.69. The summed E-state index contributed by atoms with van der Waals surface area (Å²) < 4.78 is 0. The number of hydrogen-bond donors (Lipinski definition) is 0. The third-order valence-corrected chi connectivity index (χ3v) is 5.48. The van der Waals surface area contributed by atoms with Gasteiger partial charge in [-0.2, -0.15) is 0 Å². The number of hydrogen-bond acceptors (Lipinski definition) is 2. The number of amides is 1. The standard InChI is InChI=1S/C28H22ClNO2/c29-24-17-15-23(16-18-24)27(31)25-13-7-8-14-26(25)28(32)30(19-21-9-3-1-4-10-21)20-22-11-5-2-6-12-22/h1-18H,19-20H2. The second kappa shape index (κ2) is 10.1. The molecule has 3 nitrogen and oxygen atoms in total. The van der Waals surface area contributed by atoms with Gasteiger partial charge in [-0.15, -0.1) is 0 Å². The number of rotatable bonds is 7. The molecule has 4 aromatic carbocycles. The van der Waals surface area contributed by atoms with Crippen molar-refractivity contribution in [2.75, 3.05) is 0 Å². The molecule has 0 unspecified atom stereocenters. The van der Waals surface area contributed by atoms with E-state index in [1.807, 2.05) is 60.7 Å². The third kappa shape index (κ3) is 5.13. The molecular weight excluding hydrogens is 418 g/mol. The highest BCUT2D eigenvalue weighted by Crippen LogP contribution is 2.21. The van der Waals surface area contributed by atoms with E-state index in [0.717, 1.165) is 11.1 Å². The smallest absolute Gasteiger partial charge is 0.255 e. The molecule has 0 aliphatic heterocycles. The van der Waals surface area contributed by atoms with Crippen LogP contribution in [0.25, 0.3) is 0 Å². The van der Waals surface area contributed by atoms with E-state index < -0.39 is 0 Å². The second-order valence-electron chi connectivity index (χ2n) is 7.51. The van der Waals surface area contributed by atoms with E-state index in [9.17, 15) is 9.59 Å². The Kier molecular flexibility index (Phi) is 6.78. The highest BCUT2D eigenvalue weighted by molar-refractivity contribution is 6.30. The Bertz CT molecular complexity index is 1160. The van der Waals surface area contributed by atoms with Crippen molar-refractivity contribution in [3.8, 4) is 0 Å². The predicted molar refractivity (Wildman–Crippen MR) is 128 cm³/mol. The van der Waals surface area contributed by atoms with Crippen LogP contribution in [0.15, 0.2) is 109 Å². The number of carbonyl (C=O) groups is 2. The van der Waals surface area contributed by atoms with Crippen molar-refractivity contribution < 1.29 is 9.59 Å². The first-order valence-electron chi connectivity index (χ1n) is 10.4. The Morgan fingerprint density at radius 2 is 1.06 bits per heavy atom. The predicted octanol–water partition coefficient (Wildman–Crippen LogP) is 6.41. The molecule has 4 rings (SSSR count). The Labute approximate surface area is 192 Å². The summed E-state index contributed by atoms with van der Waals surface area (Å²) in [5.74, 6) is -0.388. The Morgan fingerprint density at radius 3 is 1.59 bits per heavy atom. The van der Waals surface area contributed by atoms with Gasteiger partial charge in [-0.25, -0.2) is 0 Å². The maximum Gasteiger partial charge on any atom is 0.255 e. The van der Waals surface area contributed by atoms with Crippen LogP contribution in [0.5, 0.6) is 0 Å². The summed E-state index contributed by atoms with van der Waals surface area (Å²) in [6, 6.07) is 33.4. The monoisotopic (exact) mass is 439 g/mol. The molecule has 1 amide bonds. The van der Waals surface area contributed by atoms with Gasteiger partial charge < -0.3 is 4.90 Å². The summed E-state index contributed by atoms with van der Waals surface area (Å²) in [5.41, 5.74) is 3.31. The van der Waals surface area contributed by atoms with Gasteiger partial charge in [0, 0.05) is 29.2 Å². The summed E-state index contributed by atoms with van der Waals surface area (Å²) >= 11 is 5.97. The molecule has 0 aliphatic rings. The molecule has 158 valence electrons. The van der Waals surface area contributed by atoms with Crippen LogP contribution in [0.2, 0.25) is 5.02 Å². The van der Waals surface area contributed by atoms with E-state index in [0.29, 0.717) is 34.8 Å². The van der Waals surface area contributed by atoms with E-state index in [2.05, 4.69) is 0 Å². The normalized spacial score (nSPS) is 10.5. The van der Waals surface area contributed by atoms with Crippen molar-refractivity contribution in [1.82, 2.24) is 4.90 Å². The molecule has 0 radical (unpaired) electrons. The zero-order valence-electron chi connectivity index (χ0n) is 17.4. The van der Waals surface area contributed by atoms with Crippen LogP contribution in [0, 0.1) is 0 Å². The van der Waals surface area contributed by atoms with Crippen molar-refractivity contribution in [2.24, 2.45) is 0 Å². The van der Waals surface area contributed by atoms with Crippen LogP contribution < -0.4 is 0 Å². The Hall–Kier alpha value is -3.69. The van der Waals surface area contributed by atoms with Crippen molar-refractivity contribution in [3.05, 3.63) is 142 Å². The Morgan fingerprint density at radius 1 is 0.594 bits per heavy atom. The minimum Gasteiger partial charge on any atom is -0.330 e. The van der Waals surface area contributed by atoms with Crippen LogP contribution in [-0.2, 0) is 13.1 Å². The number of ketones is 1. The van der Waals surface area contributed by atoms with Gasteiger partial charge in [-0.05, 0) is 41.5 Å². The maximum absolute atomic E-state index is 13.7. The fraction of sp³-hybridized carbons (Fsp3) is 0.0714. The molecule has 4 aromatic rings.